The van der Waals surface area contributed by atoms with E-state index in [9.17, 15) is 0 Å². The van der Waals surface area contributed by atoms with Gasteiger partial charge in [-0.2, -0.15) is 0 Å². The number of halogens is 1. The number of aliphatic imine (C=N–C) groups is 1. The first kappa shape index (κ1) is 11.1. The summed E-state index contributed by atoms with van der Waals surface area (Å²) in [6.45, 7) is 0. The topological polar surface area (TPSA) is 50.4 Å². The summed E-state index contributed by atoms with van der Waals surface area (Å²) in [5.74, 6) is 6.02. The first-order valence-electron chi connectivity index (χ1n) is 4.65. The Morgan fingerprint density at radius 3 is 2.56 bits per heavy atom. The number of benzene rings is 1. The van der Waals surface area contributed by atoms with Gasteiger partial charge in [0.1, 0.15) is 0 Å². The summed E-state index contributed by atoms with van der Waals surface area (Å²) < 4.78 is 0. The molecule has 16 heavy (non-hydrogen) atoms. The molecule has 0 aliphatic rings. The molecule has 0 saturated carbocycles. The predicted octanol–water partition coefficient (Wildman–Crippen LogP) is 2.94. The van der Waals surface area contributed by atoms with Gasteiger partial charge in [-0.3, -0.25) is 0 Å². The van der Waals surface area contributed by atoms with Crippen LogP contribution in [0.2, 0.25) is 5.02 Å². The number of hydrogen-bond acceptors (Lipinski definition) is 3. The summed E-state index contributed by atoms with van der Waals surface area (Å²) in [6.07, 6.45) is 0. The van der Waals surface area contributed by atoms with E-state index in [1.165, 1.54) is 11.3 Å². The van der Waals surface area contributed by atoms with E-state index in [2.05, 4.69) is 10.4 Å². The highest BCUT2D eigenvalue weighted by Crippen LogP contribution is 2.23. The number of hydrazine groups is 1. The van der Waals surface area contributed by atoms with Gasteiger partial charge in [-0.25, -0.2) is 10.8 Å². The molecule has 82 valence electrons. The summed E-state index contributed by atoms with van der Waals surface area (Å²) in [6, 6.07) is 11.4. The highest BCUT2D eigenvalue weighted by atomic mass is 35.5. The van der Waals surface area contributed by atoms with Gasteiger partial charge >= 0.3 is 0 Å². The van der Waals surface area contributed by atoms with E-state index < -0.39 is 0 Å². The zero-order valence-corrected chi connectivity index (χ0v) is 9.92. The Morgan fingerprint density at radius 1 is 1.25 bits per heavy atom. The minimum Gasteiger partial charge on any atom is -0.307 e. The summed E-state index contributed by atoms with van der Waals surface area (Å²) in [7, 11) is 0. The highest BCUT2D eigenvalue weighted by Gasteiger charge is 2.08. The minimum absolute atomic E-state index is 0.575. The standard InChI is InChI=1S/C11H10ClN3S/c12-9-6-7-16-10(9)11(15-13)14-8-4-2-1-3-5-8/h1-7H,13H2,(H,14,15). The maximum atomic E-state index is 6.01. The van der Waals surface area contributed by atoms with Gasteiger partial charge in [-0.15, -0.1) is 11.3 Å². The molecule has 0 saturated heterocycles. The molecule has 0 bridgehead atoms. The van der Waals surface area contributed by atoms with Crippen molar-refractivity contribution in [2.45, 2.75) is 0 Å². The van der Waals surface area contributed by atoms with E-state index in [4.69, 9.17) is 17.4 Å². The second-order valence-corrected chi connectivity index (χ2v) is 4.36. The smallest absolute Gasteiger partial charge is 0.159 e. The zero-order valence-electron chi connectivity index (χ0n) is 8.35. The van der Waals surface area contributed by atoms with E-state index in [0.29, 0.717) is 10.9 Å². The van der Waals surface area contributed by atoms with Gasteiger partial charge in [0.05, 0.1) is 15.6 Å². The molecule has 0 atom stereocenters. The SMILES string of the molecule is NNC(=Nc1ccccc1)c1sccc1Cl. The monoisotopic (exact) mass is 251 g/mol. The third-order valence-corrected chi connectivity index (χ3v) is 3.31. The first-order chi connectivity index (χ1) is 7.81. The van der Waals surface area contributed by atoms with Crippen molar-refractivity contribution in [2.75, 3.05) is 0 Å². The molecule has 0 aliphatic heterocycles. The van der Waals surface area contributed by atoms with Gasteiger partial charge in [0.25, 0.3) is 0 Å². The Labute approximate surface area is 103 Å². The molecule has 1 aromatic carbocycles. The van der Waals surface area contributed by atoms with Crippen molar-refractivity contribution in [1.82, 2.24) is 5.43 Å². The van der Waals surface area contributed by atoms with E-state index in [1.54, 1.807) is 0 Å². The van der Waals surface area contributed by atoms with Crippen molar-refractivity contribution < 1.29 is 0 Å². The van der Waals surface area contributed by atoms with E-state index in [1.807, 2.05) is 41.8 Å². The molecule has 0 unspecified atom stereocenters. The third kappa shape index (κ3) is 2.41. The largest absolute Gasteiger partial charge is 0.307 e. The second kappa shape index (κ2) is 5.12. The lowest BCUT2D eigenvalue weighted by molar-refractivity contribution is 1.03. The van der Waals surface area contributed by atoms with Crippen molar-refractivity contribution >= 4 is 34.5 Å². The Balaban J connectivity index is 2.37. The van der Waals surface area contributed by atoms with Crippen LogP contribution in [0.15, 0.2) is 46.8 Å². The van der Waals surface area contributed by atoms with Crippen LogP contribution in [0.3, 0.4) is 0 Å². The lowest BCUT2D eigenvalue weighted by atomic mass is 10.3. The normalized spacial score (nSPS) is 11.5. The van der Waals surface area contributed by atoms with Crippen LogP contribution < -0.4 is 11.3 Å². The molecule has 3 N–H and O–H groups in total. The fourth-order valence-corrected chi connectivity index (χ4v) is 2.34. The number of para-hydroxylation sites is 1. The van der Waals surface area contributed by atoms with Crippen molar-refractivity contribution in [3.63, 3.8) is 0 Å². The maximum absolute atomic E-state index is 6.01. The van der Waals surface area contributed by atoms with Crippen molar-refractivity contribution in [1.29, 1.82) is 0 Å². The van der Waals surface area contributed by atoms with Gasteiger partial charge < -0.3 is 5.43 Å². The third-order valence-electron chi connectivity index (χ3n) is 1.97. The van der Waals surface area contributed by atoms with Gasteiger partial charge in [0, 0.05) is 0 Å². The molecule has 0 spiro atoms. The molecule has 2 rings (SSSR count). The lowest BCUT2D eigenvalue weighted by Crippen LogP contribution is -2.30. The number of nitrogens with one attached hydrogen (secondary N) is 1. The number of hydrogen-bond donors (Lipinski definition) is 2. The van der Waals surface area contributed by atoms with Crippen LogP contribution in [0.4, 0.5) is 5.69 Å². The van der Waals surface area contributed by atoms with Crippen molar-refractivity contribution in [2.24, 2.45) is 10.8 Å². The molecular formula is C11H10ClN3S. The second-order valence-electron chi connectivity index (χ2n) is 3.04. The van der Waals surface area contributed by atoms with Gasteiger partial charge in [0.15, 0.2) is 5.84 Å². The number of nitrogens with zero attached hydrogens (tertiary/aromatic N) is 1. The molecule has 0 aliphatic carbocycles. The van der Waals surface area contributed by atoms with Crippen LogP contribution in [0, 0.1) is 0 Å². The lowest BCUT2D eigenvalue weighted by Gasteiger charge is -2.03. The zero-order chi connectivity index (χ0) is 11.4. The average Bonchev–Trinajstić information content (AvgIpc) is 2.74. The number of amidine groups is 1. The molecule has 0 fully saturated rings. The summed E-state index contributed by atoms with van der Waals surface area (Å²) in [4.78, 5) is 5.23. The predicted molar refractivity (Wildman–Crippen MR) is 69.3 cm³/mol. The fraction of sp³-hybridized carbons (Fsp3) is 0. The number of rotatable bonds is 2. The minimum atomic E-state index is 0.575. The Kier molecular flexibility index (Phi) is 3.56. The quantitative estimate of drug-likeness (QED) is 0.373. The van der Waals surface area contributed by atoms with Crippen molar-refractivity contribution in [3.05, 3.63) is 51.7 Å². The van der Waals surface area contributed by atoms with Crippen LogP contribution in [0.25, 0.3) is 0 Å². The first-order valence-corrected chi connectivity index (χ1v) is 5.91. The molecule has 2 aromatic rings. The molecule has 1 heterocycles. The number of nitrogens with two attached hydrogens (primary N) is 1. The van der Waals surface area contributed by atoms with Gasteiger partial charge in [-0.1, -0.05) is 29.8 Å². The van der Waals surface area contributed by atoms with Crippen LogP contribution in [0.1, 0.15) is 4.88 Å². The molecule has 1 aromatic heterocycles. The molecular weight excluding hydrogens is 242 g/mol. The number of thiophene rings is 1. The fourth-order valence-electron chi connectivity index (χ4n) is 1.24. The molecule has 0 amide bonds. The summed E-state index contributed by atoms with van der Waals surface area (Å²) >= 11 is 7.51. The van der Waals surface area contributed by atoms with Gasteiger partial charge in [-0.05, 0) is 23.6 Å². The van der Waals surface area contributed by atoms with Crippen LogP contribution in [-0.2, 0) is 0 Å². The summed E-state index contributed by atoms with van der Waals surface area (Å²) in [5.41, 5.74) is 3.40. The molecule has 5 heteroatoms. The van der Waals surface area contributed by atoms with Crippen LogP contribution in [0.5, 0.6) is 0 Å². The molecule has 3 nitrogen and oxygen atoms in total. The van der Waals surface area contributed by atoms with Crippen LogP contribution >= 0.6 is 22.9 Å². The Hall–Kier alpha value is -1.36. The van der Waals surface area contributed by atoms with E-state index in [0.717, 1.165) is 10.6 Å². The molecule has 0 radical (unpaired) electrons. The average molecular weight is 252 g/mol. The summed E-state index contributed by atoms with van der Waals surface area (Å²) in [5, 5.41) is 2.55. The Morgan fingerprint density at radius 2 is 2.00 bits per heavy atom. The van der Waals surface area contributed by atoms with Gasteiger partial charge in [0.2, 0.25) is 0 Å². The highest BCUT2D eigenvalue weighted by molar-refractivity contribution is 7.12. The van der Waals surface area contributed by atoms with E-state index in [-0.39, 0.29) is 0 Å². The van der Waals surface area contributed by atoms with Crippen LogP contribution in [-0.4, -0.2) is 5.84 Å². The maximum Gasteiger partial charge on any atom is 0.159 e. The van der Waals surface area contributed by atoms with Crippen molar-refractivity contribution in [3.8, 4) is 0 Å². The Bertz CT molecular complexity index is 493. The van der Waals surface area contributed by atoms with E-state index >= 15 is 0 Å².